The Hall–Kier alpha value is -2.61. The van der Waals surface area contributed by atoms with Crippen molar-refractivity contribution in [2.45, 2.75) is 76.8 Å². The first-order chi connectivity index (χ1) is 15.3. The van der Waals surface area contributed by atoms with E-state index in [2.05, 4.69) is 10.6 Å². The van der Waals surface area contributed by atoms with Gasteiger partial charge in [-0.3, -0.25) is 9.59 Å². The van der Waals surface area contributed by atoms with E-state index >= 15 is 0 Å². The quantitative estimate of drug-likeness (QED) is 0.286. The average molecular weight is 449 g/mol. The summed E-state index contributed by atoms with van der Waals surface area (Å²) in [7, 11) is 1.29. The number of benzene rings is 1. The molecule has 1 aromatic rings. The van der Waals surface area contributed by atoms with Gasteiger partial charge in [-0.1, -0.05) is 44.2 Å². The molecule has 0 unspecified atom stereocenters. The molecule has 2 rings (SSSR count). The Balaban J connectivity index is 1.91. The van der Waals surface area contributed by atoms with Crippen LogP contribution in [0, 0.1) is 12.8 Å². The van der Waals surface area contributed by atoms with Crippen LogP contribution < -0.4 is 10.6 Å². The fourth-order valence-electron chi connectivity index (χ4n) is 4.26. The summed E-state index contributed by atoms with van der Waals surface area (Å²) in [6.07, 6.45) is 7.04. The number of carboxylic acid groups (broad SMARTS) is 1. The lowest BCUT2D eigenvalue weighted by molar-refractivity contribution is -0.146. The second-order valence-electron chi connectivity index (χ2n) is 8.65. The number of carbonyl (C=O) groups is 3. The van der Waals surface area contributed by atoms with Crippen LogP contribution in [-0.4, -0.2) is 53.8 Å². The van der Waals surface area contributed by atoms with E-state index in [0.717, 1.165) is 43.2 Å². The third-order valence-electron chi connectivity index (χ3n) is 6.09. The zero-order chi connectivity index (χ0) is 23.5. The first-order valence-electron chi connectivity index (χ1n) is 11.4. The van der Waals surface area contributed by atoms with Gasteiger partial charge >= 0.3 is 11.9 Å². The number of amides is 1. The number of methoxy groups -OCH3 is 1. The Morgan fingerprint density at radius 3 is 2.50 bits per heavy atom. The van der Waals surface area contributed by atoms with Crippen molar-refractivity contribution in [3.05, 3.63) is 29.3 Å². The second kappa shape index (κ2) is 13.1. The number of aryl methyl sites for hydroxylation is 2. The summed E-state index contributed by atoms with van der Waals surface area (Å²) in [6.45, 7) is 2.27. The highest BCUT2D eigenvalue weighted by Crippen LogP contribution is 2.27. The normalized spacial score (nSPS) is 16.2. The van der Waals surface area contributed by atoms with Crippen molar-refractivity contribution in [3.63, 3.8) is 0 Å². The van der Waals surface area contributed by atoms with Gasteiger partial charge in [-0.15, -0.1) is 0 Å². The Morgan fingerprint density at radius 1 is 1.16 bits per heavy atom. The molecule has 1 aliphatic rings. The van der Waals surface area contributed by atoms with Gasteiger partial charge in [0.2, 0.25) is 5.91 Å². The van der Waals surface area contributed by atoms with Crippen LogP contribution in [0.15, 0.2) is 18.2 Å². The standard InChI is InChI=1S/C24H36N2O6/c1-16-13-18(10-11-21(16)27)9-6-12-25-19(15-22(28)29)23(30)26-20(24(31)32-2)14-17-7-4-3-5-8-17/h10-11,13,17,19-20,25,27H,3-9,12,14-15H2,1-2H3,(H,26,30)(H,28,29)/t19-,20-/m1/s1. The Labute approximate surface area is 189 Å². The van der Waals surface area contributed by atoms with Crippen LogP contribution >= 0.6 is 0 Å². The van der Waals surface area contributed by atoms with Gasteiger partial charge in [0.25, 0.3) is 0 Å². The molecular weight excluding hydrogens is 412 g/mol. The van der Waals surface area contributed by atoms with Gasteiger partial charge in [-0.25, -0.2) is 4.79 Å². The van der Waals surface area contributed by atoms with Crippen LogP contribution in [0.25, 0.3) is 0 Å². The number of ether oxygens (including phenoxy) is 1. The lowest BCUT2D eigenvalue weighted by Crippen LogP contribution is -2.52. The topological polar surface area (TPSA) is 125 Å². The number of phenolic OH excluding ortho intramolecular Hbond substituents is 1. The summed E-state index contributed by atoms with van der Waals surface area (Å²) in [5.74, 6) is -1.49. The van der Waals surface area contributed by atoms with Crippen molar-refractivity contribution in [1.29, 1.82) is 0 Å². The van der Waals surface area contributed by atoms with Crippen LogP contribution in [0.4, 0.5) is 0 Å². The van der Waals surface area contributed by atoms with Crippen LogP contribution in [-0.2, 0) is 25.5 Å². The Morgan fingerprint density at radius 2 is 1.88 bits per heavy atom. The van der Waals surface area contributed by atoms with Gasteiger partial charge in [0.15, 0.2) is 0 Å². The molecule has 0 aliphatic heterocycles. The van der Waals surface area contributed by atoms with Crippen LogP contribution in [0.2, 0.25) is 0 Å². The summed E-state index contributed by atoms with van der Waals surface area (Å²) in [4.78, 5) is 36.4. The number of carbonyl (C=O) groups excluding carboxylic acids is 2. The molecule has 0 radical (unpaired) electrons. The molecular formula is C24H36N2O6. The third-order valence-corrected chi connectivity index (χ3v) is 6.09. The van der Waals surface area contributed by atoms with Gasteiger partial charge in [-0.05, 0) is 55.8 Å². The maximum absolute atomic E-state index is 12.8. The van der Waals surface area contributed by atoms with E-state index in [1.54, 1.807) is 6.07 Å². The molecule has 1 saturated carbocycles. The number of aliphatic carboxylic acids is 1. The van der Waals surface area contributed by atoms with Crippen LogP contribution in [0.3, 0.4) is 0 Å². The lowest BCUT2D eigenvalue weighted by atomic mass is 9.84. The number of hydrogen-bond donors (Lipinski definition) is 4. The smallest absolute Gasteiger partial charge is 0.328 e. The average Bonchev–Trinajstić information content (AvgIpc) is 2.77. The largest absolute Gasteiger partial charge is 0.508 e. The highest BCUT2D eigenvalue weighted by atomic mass is 16.5. The molecule has 0 heterocycles. The van der Waals surface area contributed by atoms with Crippen LogP contribution in [0.5, 0.6) is 5.75 Å². The molecule has 1 fully saturated rings. The van der Waals surface area contributed by atoms with Crippen molar-refractivity contribution < 1.29 is 29.3 Å². The molecule has 0 bridgehead atoms. The lowest BCUT2D eigenvalue weighted by Gasteiger charge is -2.27. The fraction of sp³-hybridized carbons (Fsp3) is 0.625. The number of hydrogen-bond acceptors (Lipinski definition) is 6. The maximum Gasteiger partial charge on any atom is 0.328 e. The monoisotopic (exact) mass is 448 g/mol. The number of nitrogens with one attached hydrogen (secondary N) is 2. The van der Waals surface area contributed by atoms with Crippen molar-refractivity contribution in [2.75, 3.05) is 13.7 Å². The molecule has 8 nitrogen and oxygen atoms in total. The highest BCUT2D eigenvalue weighted by Gasteiger charge is 2.30. The molecule has 4 N–H and O–H groups in total. The summed E-state index contributed by atoms with van der Waals surface area (Å²) >= 11 is 0. The molecule has 2 atom stereocenters. The summed E-state index contributed by atoms with van der Waals surface area (Å²) in [6, 6.07) is 3.69. The molecule has 8 heteroatoms. The molecule has 1 aliphatic carbocycles. The molecule has 1 aromatic carbocycles. The predicted molar refractivity (Wildman–Crippen MR) is 120 cm³/mol. The van der Waals surface area contributed by atoms with Crippen molar-refractivity contribution in [1.82, 2.24) is 10.6 Å². The summed E-state index contributed by atoms with van der Waals surface area (Å²) < 4.78 is 4.87. The van der Waals surface area contributed by atoms with E-state index in [1.807, 2.05) is 19.1 Å². The van der Waals surface area contributed by atoms with Gasteiger partial charge in [0, 0.05) is 0 Å². The number of esters is 1. The number of phenols is 1. The zero-order valence-corrected chi connectivity index (χ0v) is 19.1. The van der Waals surface area contributed by atoms with E-state index in [-0.39, 0.29) is 12.2 Å². The van der Waals surface area contributed by atoms with Gasteiger partial charge < -0.3 is 25.6 Å². The van der Waals surface area contributed by atoms with E-state index in [4.69, 9.17) is 4.74 Å². The van der Waals surface area contributed by atoms with Crippen molar-refractivity contribution >= 4 is 17.8 Å². The first kappa shape index (κ1) is 25.6. The van der Waals surface area contributed by atoms with Gasteiger partial charge in [0.1, 0.15) is 11.8 Å². The molecule has 0 saturated heterocycles. The maximum atomic E-state index is 12.8. The SMILES string of the molecule is COC(=O)[C@@H](CC1CCCCC1)NC(=O)[C@@H](CC(=O)O)NCCCc1ccc(O)c(C)c1. The van der Waals surface area contributed by atoms with E-state index in [0.29, 0.717) is 25.3 Å². The van der Waals surface area contributed by atoms with E-state index in [1.165, 1.54) is 13.5 Å². The van der Waals surface area contributed by atoms with Crippen molar-refractivity contribution in [3.8, 4) is 5.75 Å². The highest BCUT2D eigenvalue weighted by molar-refractivity contribution is 5.90. The number of carboxylic acids is 1. The Bertz CT molecular complexity index is 776. The molecule has 1 amide bonds. The van der Waals surface area contributed by atoms with Gasteiger partial charge in [0.05, 0.1) is 19.6 Å². The molecule has 32 heavy (non-hydrogen) atoms. The van der Waals surface area contributed by atoms with Crippen molar-refractivity contribution in [2.24, 2.45) is 5.92 Å². The van der Waals surface area contributed by atoms with E-state index < -0.39 is 29.9 Å². The molecule has 0 spiro atoms. The number of rotatable bonds is 12. The third kappa shape index (κ3) is 8.49. The Kier molecular flexibility index (Phi) is 10.5. The summed E-state index contributed by atoms with van der Waals surface area (Å²) in [5, 5.41) is 24.6. The minimum atomic E-state index is -1.09. The molecule has 178 valence electrons. The first-order valence-corrected chi connectivity index (χ1v) is 11.4. The summed E-state index contributed by atoms with van der Waals surface area (Å²) in [5.41, 5.74) is 1.85. The van der Waals surface area contributed by atoms with Gasteiger partial charge in [-0.2, -0.15) is 0 Å². The minimum absolute atomic E-state index is 0.249. The van der Waals surface area contributed by atoms with E-state index in [9.17, 15) is 24.6 Å². The fourth-order valence-corrected chi connectivity index (χ4v) is 4.26. The zero-order valence-electron chi connectivity index (χ0n) is 19.1. The molecule has 0 aromatic heterocycles. The van der Waals surface area contributed by atoms with Crippen LogP contribution in [0.1, 0.15) is 62.5 Å². The number of aromatic hydroxyl groups is 1. The second-order valence-corrected chi connectivity index (χ2v) is 8.65. The minimum Gasteiger partial charge on any atom is -0.508 e. The predicted octanol–water partition coefficient (Wildman–Crippen LogP) is 2.69.